The van der Waals surface area contributed by atoms with Crippen LogP contribution in [0.5, 0.6) is 0 Å². The molecule has 4 nitrogen and oxygen atoms in total. The molecule has 0 radical (unpaired) electrons. The molecule has 0 aliphatic rings. The van der Waals surface area contributed by atoms with Gasteiger partial charge in [-0.2, -0.15) is 10.2 Å². The predicted octanol–water partition coefficient (Wildman–Crippen LogP) is 5.78. The Morgan fingerprint density at radius 1 is 1.12 bits per heavy atom. The molecule has 0 saturated carbocycles. The first-order chi connectivity index (χ1) is 12.4. The molecular formula is C21H20ClN3O. The van der Waals surface area contributed by atoms with E-state index in [1.165, 1.54) is 5.56 Å². The van der Waals surface area contributed by atoms with Crippen molar-refractivity contribution in [1.29, 1.82) is 5.26 Å². The summed E-state index contributed by atoms with van der Waals surface area (Å²) in [6, 6.07) is 17.7. The highest BCUT2D eigenvalue weighted by Gasteiger charge is 2.17. The number of anilines is 1. The molecule has 1 aromatic heterocycles. The molecule has 1 heterocycles. The van der Waals surface area contributed by atoms with Crippen molar-refractivity contribution in [3.05, 3.63) is 70.4 Å². The van der Waals surface area contributed by atoms with E-state index in [2.05, 4.69) is 49.3 Å². The Labute approximate surface area is 158 Å². The smallest absolute Gasteiger partial charge is 0.232 e. The van der Waals surface area contributed by atoms with Crippen LogP contribution in [0, 0.1) is 11.3 Å². The molecule has 1 N–H and O–H groups in total. The van der Waals surface area contributed by atoms with Crippen LogP contribution in [0.15, 0.2) is 52.9 Å². The van der Waals surface area contributed by atoms with Crippen LogP contribution in [-0.4, -0.2) is 4.98 Å². The molecule has 0 atom stereocenters. The number of rotatable bonds is 4. The second kappa shape index (κ2) is 7.23. The highest BCUT2D eigenvalue weighted by molar-refractivity contribution is 6.31. The van der Waals surface area contributed by atoms with Crippen LogP contribution in [0.2, 0.25) is 5.02 Å². The monoisotopic (exact) mass is 365 g/mol. The van der Waals surface area contributed by atoms with Gasteiger partial charge in [0.05, 0.1) is 0 Å². The number of hydrogen-bond donors (Lipinski definition) is 1. The Hall–Kier alpha value is -2.77. The fourth-order valence-electron chi connectivity index (χ4n) is 2.57. The third-order valence-corrected chi connectivity index (χ3v) is 4.50. The Morgan fingerprint density at radius 2 is 1.81 bits per heavy atom. The number of nitrogens with one attached hydrogen (secondary N) is 1. The molecule has 0 spiro atoms. The van der Waals surface area contributed by atoms with Crippen molar-refractivity contribution in [2.75, 3.05) is 5.32 Å². The third kappa shape index (κ3) is 3.89. The number of nitrogens with zero attached hydrogens (tertiary/aromatic N) is 2. The Morgan fingerprint density at radius 3 is 2.42 bits per heavy atom. The van der Waals surface area contributed by atoms with E-state index in [1.807, 2.05) is 36.4 Å². The summed E-state index contributed by atoms with van der Waals surface area (Å²) >= 11 is 6.17. The van der Waals surface area contributed by atoms with E-state index >= 15 is 0 Å². The van der Waals surface area contributed by atoms with Crippen LogP contribution in [0.3, 0.4) is 0 Å². The van der Waals surface area contributed by atoms with E-state index in [0.29, 0.717) is 23.3 Å². The van der Waals surface area contributed by atoms with Gasteiger partial charge >= 0.3 is 0 Å². The zero-order valence-corrected chi connectivity index (χ0v) is 15.8. The largest absolute Gasteiger partial charge is 0.419 e. The molecule has 3 rings (SSSR count). The summed E-state index contributed by atoms with van der Waals surface area (Å²) in [4.78, 5) is 4.30. The van der Waals surface area contributed by atoms with Gasteiger partial charge in [-0.25, -0.2) is 0 Å². The topological polar surface area (TPSA) is 61.9 Å². The van der Waals surface area contributed by atoms with Gasteiger partial charge in [-0.1, -0.05) is 62.7 Å². The first-order valence-electron chi connectivity index (χ1n) is 8.37. The molecule has 0 aliphatic carbocycles. The summed E-state index contributed by atoms with van der Waals surface area (Å²) in [5.41, 5.74) is 3.29. The van der Waals surface area contributed by atoms with Gasteiger partial charge in [-0.3, -0.25) is 0 Å². The van der Waals surface area contributed by atoms with Crippen LogP contribution < -0.4 is 5.32 Å². The molecule has 26 heavy (non-hydrogen) atoms. The summed E-state index contributed by atoms with van der Waals surface area (Å²) < 4.78 is 5.79. The molecule has 0 amide bonds. The van der Waals surface area contributed by atoms with E-state index in [9.17, 15) is 5.26 Å². The lowest BCUT2D eigenvalue weighted by atomic mass is 9.87. The summed E-state index contributed by atoms with van der Waals surface area (Å²) in [6.45, 7) is 6.94. The van der Waals surface area contributed by atoms with E-state index in [0.717, 1.165) is 11.1 Å². The van der Waals surface area contributed by atoms with Crippen molar-refractivity contribution in [2.24, 2.45) is 0 Å². The van der Waals surface area contributed by atoms with Crippen LogP contribution in [0.4, 0.5) is 5.88 Å². The minimum absolute atomic E-state index is 0.0780. The van der Waals surface area contributed by atoms with Crippen molar-refractivity contribution in [3.63, 3.8) is 0 Å². The normalized spacial score (nSPS) is 11.2. The maximum Gasteiger partial charge on any atom is 0.232 e. The second-order valence-corrected chi connectivity index (χ2v) is 7.49. The quantitative estimate of drug-likeness (QED) is 0.636. The fourth-order valence-corrected chi connectivity index (χ4v) is 2.77. The zero-order chi connectivity index (χ0) is 18.7. The van der Waals surface area contributed by atoms with Gasteiger partial charge in [0.15, 0.2) is 0 Å². The van der Waals surface area contributed by atoms with Crippen LogP contribution in [0.25, 0.3) is 11.5 Å². The lowest BCUT2D eigenvalue weighted by Crippen LogP contribution is -2.10. The average Bonchev–Trinajstić information content (AvgIpc) is 3.04. The number of benzene rings is 2. The molecule has 0 saturated heterocycles. The van der Waals surface area contributed by atoms with Crippen LogP contribution in [0.1, 0.15) is 37.6 Å². The highest BCUT2D eigenvalue weighted by Crippen LogP contribution is 2.29. The molecular weight excluding hydrogens is 346 g/mol. The lowest BCUT2D eigenvalue weighted by Gasteiger charge is -2.18. The molecule has 0 unspecified atom stereocenters. The molecule has 0 bridgehead atoms. The van der Waals surface area contributed by atoms with Gasteiger partial charge in [-0.05, 0) is 34.7 Å². The standard InChI is InChI=1S/C21H20ClN3O/c1-21(2,3)16-10-8-14(9-11-16)19-25-18(12-23)20(26-19)24-13-15-6-4-5-7-17(15)22/h4-11,24H,13H2,1-3H3. The van der Waals surface area contributed by atoms with Gasteiger partial charge in [0.25, 0.3) is 0 Å². The van der Waals surface area contributed by atoms with Gasteiger partial charge in [-0.15, -0.1) is 0 Å². The molecule has 132 valence electrons. The molecule has 0 fully saturated rings. The molecule has 3 aromatic rings. The number of halogens is 1. The summed E-state index contributed by atoms with van der Waals surface area (Å²) in [6.07, 6.45) is 0. The third-order valence-electron chi connectivity index (χ3n) is 4.13. The predicted molar refractivity (Wildman–Crippen MR) is 104 cm³/mol. The summed E-state index contributed by atoms with van der Waals surface area (Å²) in [5, 5.41) is 13.1. The second-order valence-electron chi connectivity index (χ2n) is 7.08. The van der Waals surface area contributed by atoms with Gasteiger partial charge in [0, 0.05) is 17.1 Å². The van der Waals surface area contributed by atoms with Crippen molar-refractivity contribution in [3.8, 4) is 17.5 Å². The summed E-state index contributed by atoms with van der Waals surface area (Å²) in [7, 11) is 0. The molecule has 2 aromatic carbocycles. The van der Waals surface area contributed by atoms with E-state index in [4.69, 9.17) is 16.0 Å². The maximum atomic E-state index is 9.34. The van der Waals surface area contributed by atoms with E-state index in [-0.39, 0.29) is 11.1 Å². The van der Waals surface area contributed by atoms with Gasteiger partial charge in [0.1, 0.15) is 6.07 Å². The first-order valence-corrected chi connectivity index (χ1v) is 8.75. The Kier molecular flexibility index (Phi) is 5.01. The SMILES string of the molecule is CC(C)(C)c1ccc(-c2nc(C#N)c(NCc3ccccc3Cl)o2)cc1. The number of hydrogen-bond acceptors (Lipinski definition) is 4. The Bertz CT molecular complexity index is 947. The van der Waals surface area contributed by atoms with Crippen molar-refractivity contribution < 1.29 is 4.42 Å². The van der Waals surface area contributed by atoms with Crippen LogP contribution >= 0.6 is 11.6 Å². The molecule has 5 heteroatoms. The van der Waals surface area contributed by atoms with Crippen molar-refractivity contribution >= 4 is 17.5 Å². The molecule has 0 aliphatic heterocycles. The van der Waals surface area contributed by atoms with Crippen molar-refractivity contribution in [1.82, 2.24) is 4.98 Å². The van der Waals surface area contributed by atoms with E-state index in [1.54, 1.807) is 0 Å². The van der Waals surface area contributed by atoms with Gasteiger partial charge < -0.3 is 9.73 Å². The minimum atomic E-state index is 0.0780. The first kappa shape index (κ1) is 18.0. The highest BCUT2D eigenvalue weighted by atomic mass is 35.5. The number of nitriles is 1. The zero-order valence-electron chi connectivity index (χ0n) is 15.0. The maximum absolute atomic E-state index is 9.34. The van der Waals surface area contributed by atoms with E-state index < -0.39 is 0 Å². The van der Waals surface area contributed by atoms with Crippen molar-refractivity contribution in [2.45, 2.75) is 32.7 Å². The minimum Gasteiger partial charge on any atom is -0.419 e. The lowest BCUT2D eigenvalue weighted by molar-refractivity contribution is 0.582. The number of aromatic nitrogens is 1. The number of oxazole rings is 1. The van der Waals surface area contributed by atoms with Crippen LogP contribution in [-0.2, 0) is 12.0 Å². The van der Waals surface area contributed by atoms with Gasteiger partial charge in [0.2, 0.25) is 17.5 Å². The fraction of sp³-hybridized carbons (Fsp3) is 0.238. The summed E-state index contributed by atoms with van der Waals surface area (Å²) in [5.74, 6) is 0.769. The average molecular weight is 366 g/mol. The Balaban J connectivity index is 1.83.